The molecule has 0 N–H and O–H groups in total. The number of rotatable bonds is 5. The van der Waals surface area contributed by atoms with Gasteiger partial charge in [-0.15, -0.1) is 0 Å². The predicted octanol–water partition coefficient (Wildman–Crippen LogP) is 6.91. The fraction of sp³-hybridized carbons (Fsp3) is 0.453. The Morgan fingerprint density at radius 3 is 1.71 bits per heavy atom. The average Bonchev–Trinajstić information content (AvgIpc) is 3.68. The van der Waals surface area contributed by atoms with Crippen LogP contribution < -0.4 is 28.1 Å². The summed E-state index contributed by atoms with van der Waals surface area (Å²) in [5.74, 6) is 4.13. The number of hydrogen-bond acceptors (Lipinski definition) is 0. The average molecular weight is 861 g/mol. The number of aryl methyl sites for hydroxylation is 1. The zero-order valence-electron chi connectivity index (χ0n) is 35.5. The summed E-state index contributed by atoms with van der Waals surface area (Å²) in [6, 6.07) is 31.0. The normalized spacial score (nSPS) is 25.6. The Morgan fingerprint density at radius 1 is 0.679 bits per heavy atom. The molecule has 0 nitrogen and oxygen atoms in total. The molecule has 1 atom stereocenters. The van der Waals surface area contributed by atoms with Gasteiger partial charge >= 0.3 is 337 Å². The van der Waals surface area contributed by atoms with Crippen molar-refractivity contribution in [2.45, 2.75) is 119 Å². The van der Waals surface area contributed by atoms with E-state index in [1.807, 2.05) is 0 Å². The van der Waals surface area contributed by atoms with Gasteiger partial charge in [-0.2, -0.15) is 0 Å². The van der Waals surface area contributed by atoms with Crippen LogP contribution in [0.25, 0.3) is 11.1 Å². The van der Waals surface area contributed by atoms with Gasteiger partial charge in [0, 0.05) is 0 Å². The van der Waals surface area contributed by atoms with Crippen LogP contribution in [0.3, 0.4) is 0 Å². The van der Waals surface area contributed by atoms with Crippen molar-refractivity contribution in [2.24, 2.45) is 35.0 Å². The van der Waals surface area contributed by atoms with E-state index in [2.05, 4.69) is 160 Å². The van der Waals surface area contributed by atoms with Crippen LogP contribution in [-0.4, -0.2) is 3.21 Å². The second-order valence-electron chi connectivity index (χ2n) is 20.5. The molecule has 0 heterocycles. The molecule has 292 valence electrons. The number of benzene rings is 4. The summed E-state index contributed by atoms with van der Waals surface area (Å²) in [5, 5.41) is 0. The van der Waals surface area contributed by atoms with Gasteiger partial charge < -0.3 is 24.8 Å². The van der Waals surface area contributed by atoms with Crippen LogP contribution in [-0.2, 0) is 38.5 Å². The third-order valence-electron chi connectivity index (χ3n) is 15.0. The molecule has 4 aromatic rings. The smallest absolute Gasteiger partial charge is 1.00 e. The Balaban J connectivity index is 0.00000240. The maximum atomic E-state index is 2.87. The molecule has 0 amide bonds. The summed E-state index contributed by atoms with van der Waals surface area (Å²) >= 11 is -3.00. The van der Waals surface area contributed by atoms with E-state index in [1.165, 1.54) is 76.6 Å². The number of hydrogen-bond donors (Lipinski definition) is 0. The summed E-state index contributed by atoms with van der Waals surface area (Å²) in [6.45, 7) is 24.6. The van der Waals surface area contributed by atoms with Crippen LogP contribution >= 0.6 is 0 Å². The van der Waals surface area contributed by atoms with E-state index in [0.29, 0.717) is 11.3 Å². The fourth-order valence-corrected chi connectivity index (χ4v) is 21.5. The molecule has 10 rings (SSSR count). The Bertz CT molecular complexity index is 2190. The first kappa shape index (κ1) is 41.8. The van der Waals surface area contributed by atoms with Gasteiger partial charge in [0.05, 0.1) is 0 Å². The van der Waals surface area contributed by atoms with E-state index in [-0.39, 0.29) is 35.6 Å². The predicted molar refractivity (Wildman–Crippen MR) is 228 cm³/mol. The van der Waals surface area contributed by atoms with E-state index in [4.69, 9.17) is 0 Å². The zero-order chi connectivity index (χ0) is 37.9. The van der Waals surface area contributed by atoms with Crippen molar-refractivity contribution >= 4 is 6.48 Å². The summed E-state index contributed by atoms with van der Waals surface area (Å²) in [7, 11) is 0. The number of halogens is 2. The molecule has 0 aliphatic heterocycles. The van der Waals surface area contributed by atoms with Gasteiger partial charge in [-0.1, -0.05) is 0 Å². The van der Waals surface area contributed by atoms with Gasteiger partial charge in [0.25, 0.3) is 0 Å². The molecule has 4 fully saturated rings. The van der Waals surface area contributed by atoms with Crippen molar-refractivity contribution in [3.63, 3.8) is 0 Å². The van der Waals surface area contributed by atoms with Crippen molar-refractivity contribution in [3.05, 3.63) is 144 Å². The van der Waals surface area contributed by atoms with Gasteiger partial charge in [0.15, 0.2) is 0 Å². The summed E-state index contributed by atoms with van der Waals surface area (Å²) in [4.78, 5) is 0. The first-order valence-corrected chi connectivity index (χ1v) is 24.9. The largest absolute Gasteiger partial charge is 1.00 e. The third-order valence-corrected chi connectivity index (χ3v) is 23.5. The molecule has 4 saturated carbocycles. The summed E-state index contributed by atoms with van der Waals surface area (Å²) < 4.78 is 5.21. The first-order chi connectivity index (χ1) is 25.6. The molecule has 1 unspecified atom stereocenters. The van der Waals surface area contributed by atoms with Crippen molar-refractivity contribution in [1.82, 2.24) is 0 Å². The second kappa shape index (κ2) is 15.1. The molecule has 4 bridgehead atoms. The number of allylic oxidation sites excluding steroid dienone is 4. The van der Waals surface area contributed by atoms with E-state index in [1.54, 1.807) is 26.5 Å². The summed E-state index contributed by atoms with van der Waals surface area (Å²) in [6.07, 6.45) is 14.1. The monoisotopic (exact) mass is 858 g/mol. The van der Waals surface area contributed by atoms with Crippen LogP contribution in [0.1, 0.15) is 132 Å². The Kier molecular flexibility index (Phi) is 11.3. The fourth-order valence-electron chi connectivity index (χ4n) is 12.6. The van der Waals surface area contributed by atoms with Crippen molar-refractivity contribution in [3.8, 4) is 11.1 Å². The molecule has 0 spiro atoms. The Hall–Kier alpha value is -2.31. The van der Waals surface area contributed by atoms with Gasteiger partial charge in [-0.05, 0) is 0 Å². The standard InChI is InChI=1S/C23H29.C17H23.C13H10.2ClH.Zr/c1-14-9-16-11-17-10-15(2)21(23(6,7)8)13-19(17)18(16)12-20(14)22(3,4)5;1-11-3-4-14(5-11)17(2)15-7-12-6-13(9-15)10-16(17)8-12;1-3-7-12(8-4-1)11-13-9-5-2-6-10-13;;;/h9,12-13H,11H2,1-8H3;4-5,11-13,15-16H,6-10H2,1-2H3;1-10H;2*1H;/q;;;;;+2/p-2. The van der Waals surface area contributed by atoms with Crippen LogP contribution in [0.4, 0.5) is 0 Å². The molecule has 0 saturated heterocycles. The van der Waals surface area contributed by atoms with Crippen molar-refractivity contribution < 1.29 is 46.1 Å². The number of fused-ring (bicyclic) bond motifs is 3. The minimum Gasteiger partial charge on any atom is -1.00 e. The quantitative estimate of drug-likeness (QED) is 0.181. The summed E-state index contributed by atoms with van der Waals surface area (Å²) in [5.41, 5.74) is 17.2. The Labute approximate surface area is 359 Å². The van der Waals surface area contributed by atoms with Crippen molar-refractivity contribution in [2.75, 3.05) is 0 Å². The molecule has 6 aliphatic carbocycles. The van der Waals surface area contributed by atoms with E-state index in [0.717, 1.165) is 30.1 Å². The molecular formula is C53H62Cl2Zr. The van der Waals surface area contributed by atoms with E-state index >= 15 is 0 Å². The van der Waals surface area contributed by atoms with E-state index < -0.39 is 21.3 Å². The SMILES string of the molecule is Cc1cc2c(cc1C(C)(C)C)-c1cc(C(C)(C)C)c(C)[c]([Zr+2]([C]3=CC(C4(C)C5CC6CC(C5)CC4C6)=CC3C)=[C](c3ccccc3)c3ccccc3)c1C2.[Cl-].[Cl-]. The second-order valence-corrected chi connectivity index (χ2v) is 26.3. The van der Waals surface area contributed by atoms with Crippen LogP contribution in [0.2, 0.25) is 0 Å². The van der Waals surface area contributed by atoms with Gasteiger partial charge in [0.2, 0.25) is 0 Å². The minimum atomic E-state index is -3.00. The minimum absolute atomic E-state index is 0. The van der Waals surface area contributed by atoms with Gasteiger partial charge in [-0.3, -0.25) is 0 Å². The maximum Gasteiger partial charge on any atom is -1.00 e. The molecule has 0 aromatic heterocycles. The molecule has 3 heteroatoms. The molecular weight excluding hydrogens is 799 g/mol. The van der Waals surface area contributed by atoms with Crippen LogP contribution in [0.5, 0.6) is 0 Å². The molecule has 6 aliphatic rings. The maximum absolute atomic E-state index is 3.00. The van der Waals surface area contributed by atoms with Crippen LogP contribution in [0, 0.1) is 48.9 Å². The third kappa shape index (κ3) is 6.81. The molecule has 56 heavy (non-hydrogen) atoms. The Morgan fingerprint density at radius 2 is 1.20 bits per heavy atom. The first-order valence-electron chi connectivity index (χ1n) is 21.2. The van der Waals surface area contributed by atoms with Crippen molar-refractivity contribution in [1.29, 1.82) is 0 Å². The van der Waals surface area contributed by atoms with E-state index in [9.17, 15) is 0 Å². The molecule has 0 radical (unpaired) electrons. The topological polar surface area (TPSA) is 0 Å². The van der Waals surface area contributed by atoms with Gasteiger partial charge in [0.1, 0.15) is 0 Å². The molecule has 4 aromatic carbocycles. The van der Waals surface area contributed by atoms with Crippen LogP contribution in [0.15, 0.2) is 99.9 Å². The zero-order valence-corrected chi connectivity index (χ0v) is 39.5. The van der Waals surface area contributed by atoms with Gasteiger partial charge in [-0.25, -0.2) is 0 Å².